The van der Waals surface area contributed by atoms with Crippen LogP contribution in [-0.4, -0.2) is 0 Å². The van der Waals surface area contributed by atoms with Gasteiger partial charge < -0.3 is 0 Å². The summed E-state index contributed by atoms with van der Waals surface area (Å²) in [7, 11) is 0. The molecule has 0 atom stereocenters. The van der Waals surface area contributed by atoms with Gasteiger partial charge in [0, 0.05) is 0 Å². The second kappa shape index (κ2) is 20.9. The third kappa shape index (κ3) is 19.9. The van der Waals surface area contributed by atoms with Crippen molar-refractivity contribution in [3.8, 4) is 0 Å². The summed E-state index contributed by atoms with van der Waals surface area (Å²) < 4.78 is 0. The summed E-state index contributed by atoms with van der Waals surface area (Å²) in [4.78, 5) is 0. The first-order valence-electron chi connectivity index (χ1n) is 9.19. The minimum absolute atomic E-state index is 1.19. The molecule has 0 N–H and O–H groups in total. The quantitative estimate of drug-likeness (QED) is 0.226. The van der Waals surface area contributed by atoms with E-state index in [4.69, 9.17) is 0 Å². The van der Waals surface area contributed by atoms with Crippen LogP contribution >= 0.6 is 0 Å². The van der Waals surface area contributed by atoms with Crippen LogP contribution in [0.4, 0.5) is 0 Å². The zero-order valence-electron chi connectivity index (χ0n) is 15.3. The highest BCUT2D eigenvalue weighted by Gasteiger charge is 1.87. The largest absolute Gasteiger partial charge is 0.0991 e. The normalized spacial score (nSPS) is 13.4. The summed E-state index contributed by atoms with van der Waals surface area (Å²) in [5.74, 6) is 0. The Kier molecular flexibility index (Phi) is 19.1. The van der Waals surface area contributed by atoms with Gasteiger partial charge in [0.15, 0.2) is 0 Å². The molecule has 0 rings (SSSR count). The van der Waals surface area contributed by atoms with Crippen molar-refractivity contribution in [3.63, 3.8) is 0 Å². The van der Waals surface area contributed by atoms with E-state index in [2.05, 4.69) is 37.8 Å². The average Bonchev–Trinajstić information content (AvgIpc) is 2.60. The topological polar surface area (TPSA) is 0 Å². The van der Waals surface area contributed by atoms with Gasteiger partial charge in [-0.2, -0.15) is 0 Å². The Labute approximate surface area is 150 Å². The summed E-state index contributed by atoms with van der Waals surface area (Å²) in [5.41, 5.74) is 0. The lowest BCUT2D eigenvalue weighted by molar-refractivity contribution is 0.611. The molecule has 0 aliphatic heterocycles. The van der Waals surface area contributed by atoms with E-state index in [9.17, 15) is 0 Å². The van der Waals surface area contributed by atoms with Crippen LogP contribution in [0.15, 0.2) is 97.7 Å². The Morgan fingerprint density at radius 1 is 0.500 bits per heavy atom. The SMILES string of the molecule is C=C/C=C/C=C/C=C/C=C/C=C/C=C/C=C/CCCCCCCC. The van der Waals surface area contributed by atoms with Crippen molar-refractivity contribution in [2.45, 2.75) is 51.9 Å². The molecule has 0 aromatic rings. The lowest BCUT2D eigenvalue weighted by Crippen LogP contribution is -1.77. The maximum atomic E-state index is 3.61. The third-order valence-corrected chi connectivity index (χ3v) is 3.33. The highest BCUT2D eigenvalue weighted by atomic mass is 13.9. The maximum absolute atomic E-state index is 3.61. The molecule has 0 nitrogen and oxygen atoms in total. The van der Waals surface area contributed by atoms with E-state index in [-0.39, 0.29) is 0 Å². The van der Waals surface area contributed by atoms with E-state index in [1.807, 2.05) is 60.8 Å². The minimum atomic E-state index is 1.19. The van der Waals surface area contributed by atoms with Crippen LogP contribution in [0.2, 0.25) is 0 Å². The minimum Gasteiger partial charge on any atom is -0.0991 e. The molecule has 0 aliphatic carbocycles. The van der Waals surface area contributed by atoms with Crippen LogP contribution in [-0.2, 0) is 0 Å². The van der Waals surface area contributed by atoms with Gasteiger partial charge in [0.1, 0.15) is 0 Å². The number of rotatable bonds is 14. The highest BCUT2D eigenvalue weighted by Crippen LogP contribution is 2.07. The van der Waals surface area contributed by atoms with E-state index >= 15 is 0 Å². The Hall–Kier alpha value is -2.08. The van der Waals surface area contributed by atoms with Gasteiger partial charge in [0.05, 0.1) is 0 Å². The predicted octanol–water partition coefficient (Wildman–Crippen LogP) is 7.82. The molecular formula is C24H34. The van der Waals surface area contributed by atoms with Gasteiger partial charge >= 0.3 is 0 Å². The Morgan fingerprint density at radius 2 is 0.917 bits per heavy atom. The first kappa shape index (κ1) is 21.9. The van der Waals surface area contributed by atoms with Gasteiger partial charge in [-0.1, -0.05) is 137 Å². The second-order valence-corrected chi connectivity index (χ2v) is 5.53. The number of hydrogen-bond acceptors (Lipinski definition) is 0. The van der Waals surface area contributed by atoms with Crippen molar-refractivity contribution in [1.29, 1.82) is 0 Å². The molecule has 0 bridgehead atoms. The van der Waals surface area contributed by atoms with E-state index in [1.165, 1.54) is 44.9 Å². The van der Waals surface area contributed by atoms with Crippen molar-refractivity contribution < 1.29 is 0 Å². The molecule has 0 aliphatic rings. The molecule has 0 heteroatoms. The molecule has 24 heavy (non-hydrogen) atoms. The fourth-order valence-corrected chi connectivity index (χ4v) is 2.00. The maximum Gasteiger partial charge on any atom is -0.0348 e. The Morgan fingerprint density at radius 3 is 1.42 bits per heavy atom. The monoisotopic (exact) mass is 322 g/mol. The van der Waals surface area contributed by atoms with E-state index in [0.717, 1.165) is 0 Å². The first-order chi connectivity index (χ1) is 11.9. The molecule has 0 amide bonds. The van der Waals surface area contributed by atoms with E-state index in [1.54, 1.807) is 6.08 Å². The number of hydrogen-bond donors (Lipinski definition) is 0. The molecule has 0 radical (unpaired) electrons. The lowest BCUT2D eigenvalue weighted by Gasteiger charge is -1.97. The van der Waals surface area contributed by atoms with Gasteiger partial charge in [0.25, 0.3) is 0 Å². The Balaban J connectivity index is 3.62. The highest BCUT2D eigenvalue weighted by molar-refractivity contribution is 5.21. The third-order valence-electron chi connectivity index (χ3n) is 3.33. The number of allylic oxidation sites excluding steroid dienone is 15. The van der Waals surface area contributed by atoms with Crippen molar-refractivity contribution in [2.75, 3.05) is 0 Å². The lowest BCUT2D eigenvalue weighted by atomic mass is 10.1. The zero-order chi connectivity index (χ0) is 17.6. The molecular weight excluding hydrogens is 288 g/mol. The summed E-state index contributed by atoms with van der Waals surface area (Å²) in [6.07, 6.45) is 39.6. The first-order valence-corrected chi connectivity index (χ1v) is 9.19. The Bertz CT molecular complexity index is 464. The summed E-state index contributed by atoms with van der Waals surface area (Å²) in [6, 6.07) is 0. The molecule has 0 fully saturated rings. The van der Waals surface area contributed by atoms with Crippen molar-refractivity contribution in [3.05, 3.63) is 97.7 Å². The van der Waals surface area contributed by atoms with Gasteiger partial charge in [-0.25, -0.2) is 0 Å². The standard InChI is InChI=1S/C24H34/c1-3-5-7-9-11-13-15-17-19-21-23-24-22-20-18-16-14-12-10-8-6-4-2/h3,5,7,9,11,13,15,17-24H,1,4,6,8,10,12,14,16H2,2H3/b7-5+,11-9+,15-13+,19-17+,20-18+,23-21+,24-22+. The van der Waals surface area contributed by atoms with Crippen molar-refractivity contribution in [2.24, 2.45) is 0 Å². The fourth-order valence-electron chi connectivity index (χ4n) is 2.00. The molecule has 0 heterocycles. The van der Waals surface area contributed by atoms with Gasteiger partial charge in [-0.05, 0) is 12.8 Å². The molecule has 130 valence electrons. The molecule has 0 unspecified atom stereocenters. The molecule has 0 aromatic heterocycles. The van der Waals surface area contributed by atoms with E-state index < -0.39 is 0 Å². The molecule has 0 spiro atoms. The average molecular weight is 323 g/mol. The van der Waals surface area contributed by atoms with Crippen molar-refractivity contribution >= 4 is 0 Å². The van der Waals surface area contributed by atoms with Crippen LogP contribution in [0.25, 0.3) is 0 Å². The zero-order valence-corrected chi connectivity index (χ0v) is 15.3. The van der Waals surface area contributed by atoms with Crippen LogP contribution in [0.5, 0.6) is 0 Å². The second-order valence-electron chi connectivity index (χ2n) is 5.53. The number of unbranched alkanes of at least 4 members (excludes halogenated alkanes) is 6. The molecule has 0 aromatic carbocycles. The van der Waals surface area contributed by atoms with E-state index in [0.29, 0.717) is 0 Å². The van der Waals surface area contributed by atoms with Gasteiger partial charge in [-0.15, -0.1) is 0 Å². The molecule has 0 saturated carbocycles. The van der Waals surface area contributed by atoms with Crippen LogP contribution in [0.3, 0.4) is 0 Å². The van der Waals surface area contributed by atoms with Crippen LogP contribution in [0.1, 0.15) is 51.9 Å². The summed E-state index contributed by atoms with van der Waals surface area (Å²) in [6.45, 7) is 5.88. The molecule has 0 saturated heterocycles. The van der Waals surface area contributed by atoms with Gasteiger partial charge in [-0.3, -0.25) is 0 Å². The predicted molar refractivity (Wildman–Crippen MR) is 112 cm³/mol. The summed E-state index contributed by atoms with van der Waals surface area (Å²) >= 11 is 0. The van der Waals surface area contributed by atoms with Gasteiger partial charge in [0.2, 0.25) is 0 Å². The summed E-state index contributed by atoms with van der Waals surface area (Å²) in [5, 5.41) is 0. The fraction of sp³-hybridized carbons (Fsp3) is 0.333. The van der Waals surface area contributed by atoms with Crippen LogP contribution < -0.4 is 0 Å². The smallest absolute Gasteiger partial charge is 0.0348 e. The van der Waals surface area contributed by atoms with Crippen molar-refractivity contribution in [1.82, 2.24) is 0 Å². The van der Waals surface area contributed by atoms with Crippen LogP contribution in [0, 0.1) is 0 Å².